The molecule has 2 aliphatic heterocycles. The monoisotopic (exact) mass is 553 g/mol. The molecule has 5 rings (SSSR count). The molecule has 0 bridgehead atoms. The van der Waals surface area contributed by atoms with Crippen molar-refractivity contribution in [3.63, 3.8) is 0 Å². The summed E-state index contributed by atoms with van der Waals surface area (Å²) in [6, 6.07) is 10.1. The van der Waals surface area contributed by atoms with Gasteiger partial charge in [0.2, 0.25) is 10.0 Å². The molecule has 0 aliphatic carbocycles. The molecule has 2 aromatic heterocycles. The van der Waals surface area contributed by atoms with Gasteiger partial charge in [-0.2, -0.15) is 9.40 Å². The molecule has 1 aromatic carbocycles. The standard InChI is InChI=1S/C28H35N5O5S/c1-19-14-20(2)18-31(17-19)27(34)25-16-29-33-13-10-22(15-26(25)33)21-8-11-32(12-9-21)39(36,37)24-6-4-23(5-7-24)30-28(35)38-3/h4-7,10,13,15-16,19-21H,8-9,11-12,14,17-18H2,1-3H3,(H,30,35). The van der Waals surface area contributed by atoms with E-state index in [2.05, 4.69) is 29.0 Å². The number of likely N-dealkylation sites (tertiary alicyclic amines) is 1. The molecule has 2 unspecified atom stereocenters. The Kier molecular flexibility index (Phi) is 7.64. The third kappa shape index (κ3) is 5.65. The number of nitrogens with zero attached hydrogens (tertiary/aromatic N) is 4. The van der Waals surface area contributed by atoms with Gasteiger partial charge in [-0.1, -0.05) is 13.8 Å². The summed E-state index contributed by atoms with van der Waals surface area (Å²) in [7, 11) is -2.39. The van der Waals surface area contributed by atoms with Crippen molar-refractivity contribution < 1.29 is 22.7 Å². The van der Waals surface area contributed by atoms with Gasteiger partial charge in [0, 0.05) is 38.1 Å². The lowest BCUT2D eigenvalue weighted by atomic mass is 9.90. The van der Waals surface area contributed by atoms with E-state index in [0.717, 1.165) is 30.6 Å². The molecule has 11 heteroatoms. The van der Waals surface area contributed by atoms with Gasteiger partial charge in [-0.3, -0.25) is 10.1 Å². The van der Waals surface area contributed by atoms with Crippen molar-refractivity contribution in [3.05, 3.63) is 59.9 Å². The first-order valence-electron chi connectivity index (χ1n) is 13.4. The van der Waals surface area contributed by atoms with E-state index in [1.54, 1.807) is 22.8 Å². The van der Waals surface area contributed by atoms with Gasteiger partial charge in [0.1, 0.15) is 0 Å². The van der Waals surface area contributed by atoms with Crippen molar-refractivity contribution in [1.82, 2.24) is 18.8 Å². The first-order chi connectivity index (χ1) is 18.7. The topological polar surface area (TPSA) is 113 Å². The van der Waals surface area contributed by atoms with Gasteiger partial charge >= 0.3 is 6.09 Å². The summed E-state index contributed by atoms with van der Waals surface area (Å²) < 4.78 is 34.3. The number of carbonyl (C=O) groups excluding carboxylic acids is 2. The minimum absolute atomic E-state index is 0.0225. The molecule has 0 saturated carbocycles. The van der Waals surface area contributed by atoms with Crippen LogP contribution in [0.1, 0.15) is 54.9 Å². The van der Waals surface area contributed by atoms with Crippen LogP contribution in [0.2, 0.25) is 0 Å². The summed E-state index contributed by atoms with van der Waals surface area (Å²) in [6.07, 6.45) is 5.41. The highest BCUT2D eigenvalue weighted by molar-refractivity contribution is 7.89. The Morgan fingerprint density at radius 1 is 1.03 bits per heavy atom. The second-order valence-electron chi connectivity index (χ2n) is 10.8. The van der Waals surface area contributed by atoms with E-state index in [9.17, 15) is 18.0 Å². The molecule has 0 spiro atoms. The van der Waals surface area contributed by atoms with Crippen molar-refractivity contribution in [2.75, 3.05) is 38.6 Å². The van der Waals surface area contributed by atoms with Crippen LogP contribution in [-0.2, 0) is 14.8 Å². The number of ether oxygens (including phenoxy) is 1. The van der Waals surface area contributed by atoms with Crippen LogP contribution < -0.4 is 5.32 Å². The van der Waals surface area contributed by atoms with E-state index in [-0.39, 0.29) is 16.7 Å². The number of carbonyl (C=O) groups is 2. The summed E-state index contributed by atoms with van der Waals surface area (Å²) in [4.78, 5) is 26.9. The number of amides is 2. The maximum absolute atomic E-state index is 13.4. The average Bonchev–Trinajstić information content (AvgIpc) is 3.35. The van der Waals surface area contributed by atoms with E-state index in [4.69, 9.17) is 0 Å². The van der Waals surface area contributed by atoms with E-state index < -0.39 is 16.1 Å². The van der Waals surface area contributed by atoms with Crippen LogP contribution in [0.25, 0.3) is 5.52 Å². The van der Waals surface area contributed by atoms with Gasteiger partial charge in [-0.25, -0.2) is 17.7 Å². The fourth-order valence-corrected chi connectivity index (χ4v) is 7.34. The highest BCUT2D eigenvalue weighted by atomic mass is 32.2. The molecule has 39 heavy (non-hydrogen) atoms. The molecule has 10 nitrogen and oxygen atoms in total. The maximum atomic E-state index is 13.4. The number of benzene rings is 1. The number of anilines is 1. The van der Waals surface area contributed by atoms with E-state index in [0.29, 0.717) is 49.0 Å². The Morgan fingerprint density at radius 2 is 1.69 bits per heavy atom. The molecule has 2 atom stereocenters. The van der Waals surface area contributed by atoms with Crippen molar-refractivity contribution in [2.24, 2.45) is 11.8 Å². The fraction of sp³-hybridized carbons (Fsp3) is 0.464. The van der Waals surface area contributed by atoms with Crippen LogP contribution in [0.4, 0.5) is 10.5 Å². The Bertz CT molecular complexity index is 1450. The zero-order valence-electron chi connectivity index (χ0n) is 22.5. The SMILES string of the molecule is COC(=O)Nc1ccc(S(=O)(=O)N2CCC(c3ccn4ncc(C(=O)N5CC(C)CC(C)C5)c4c3)CC2)cc1. The lowest BCUT2D eigenvalue weighted by Crippen LogP contribution is -2.42. The molecule has 3 aromatic rings. The van der Waals surface area contributed by atoms with E-state index in [1.165, 1.54) is 23.5 Å². The molecular weight excluding hydrogens is 518 g/mol. The molecule has 0 radical (unpaired) electrons. The first-order valence-corrected chi connectivity index (χ1v) is 14.8. The molecule has 2 amide bonds. The number of nitrogens with one attached hydrogen (secondary N) is 1. The highest BCUT2D eigenvalue weighted by Gasteiger charge is 2.31. The molecule has 4 heterocycles. The fourth-order valence-electron chi connectivity index (χ4n) is 5.87. The number of pyridine rings is 1. The average molecular weight is 554 g/mol. The Labute approximate surface area is 229 Å². The maximum Gasteiger partial charge on any atom is 0.411 e. The van der Waals surface area contributed by atoms with Gasteiger partial charge in [-0.05, 0) is 79.0 Å². The van der Waals surface area contributed by atoms with Crippen molar-refractivity contribution in [1.29, 1.82) is 0 Å². The van der Waals surface area contributed by atoms with Crippen LogP contribution in [0.3, 0.4) is 0 Å². The molecule has 2 fully saturated rings. The minimum atomic E-state index is -3.66. The molecule has 2 saturated heterocycles. The van der Waals surface area contributed by atoms with Gasteiger partial charge in [0.25, 0.3) is 5.91 Å². The van der Waals surface area contributed by atoms with Crippen molar-refractivity contribution in [3.8, 4) is 0 Å². The quantitative estimate of drug-likeness (QED) is 0.507. The third-order valence-corrected chi connectivity index (χ3v) is 9.69. The Morgan fingerprint density at radius 3 is 2.33 bits per heavy atom. The lowest BCUT2D eigenvalue weighted by Gasteiger charge is -2.34. The lowest BCUT2D eigenvalue weighted by molar-refractivity contribution is 0.0625. The van der Waals surface area contributed by atoms with Gasteiger partial charge < -0.3 is 9.64 Å². The predicted molar refractivity (Wildman–Crippen MR) is 147 cm³/mol. The van der Waals surface area contributed by atoms with E-state index >= 15 is 0 Å². The number of hydrogen-bond donors (Lipinski definition) is 1. The van der Waals surface area contributed by atoms with Crippen LogP contribution in [0.5, 0.6) is 0 Å². The zero-order chi connectivity index (χ0) is 27.7. The van der Waals surface area contributed by atoms with Crippen LogP contribution >= 0.6 is 0 Å². The van der Waals surface area contributed by atoms with E-state index in [1.807, 2.05) is 23.2 Å². The number of sulfonamides is 1. The molecule has 2 aliphatic rings. The first kappa shape index (κ1) is 27.1. The third-order valence-electron chi connectivity index (χ3n) is 7.78. The van der Waals surface area contributed by atoms with Crippen molar-refractivity contribution in [2.45, 2.75) is 43.9 Å². The molecule has 208 valence electrons. The largest absolute Gasteiger partial charge is 0.453 e. The highest BCUT2D eigenvalue weighted by Crippen LogP contribution is 2.32. The summed E-state index contributed by atoms with van der Waals surface area (Å²) in [5.41, 5.74) is 2.95. The Balaban J connectivity index is 1.27. The smallest absolute Gasteiger partial charge is 0.411 e. The number of hydrogen-bond acceptors (Lipinski definition) is 6. The van der Waals surface area contributed by atoms with Gasteiger partial charge in [-0.15, -0.1) is 0 Å². The number of fused-ring (bicyclic) bond motifs is 1. The van der Waals surface area contributed by atoms with Crippen LogP contribution in [0.15, 0.2) is 53.7 Å². The summed E-state index contributed by atoms with van der Waals surface area (Å²) in [5.74, 6) is 1.16. The summed E-state index contributed by atoms with van der Waals surface area (Å²) in [6.45, 7) is 6.70. The summed E-state index contributed by atoms with van der Waals surface area (Å²) >= 11 is 0. The minimum Gasteiger partial charge on any atom is -0.453 e. The van der Waals surface area contributed by atoms with Crippen LogP contribution in [0, 0.1) is 11.8 Å². The summed E-state index contributed by atoms with van der Waals surface area (Å²) in [5, 5.41) is 6.93. The molecule has 1 N–H and O–H groups in total. The zero-order valence-corrected chi connectivity index (χ0v) is 23.4. The number of rotatable bonds is 5. The normalized spacial score (nSPS) is 21.2. The second kappa shape index (κ2) is 11.0. The van der Waals surface area contributed by atoms with Gasteiger partial charge in [0.15, 0.2) is 0 Å². The molecular formula is C28H35N5O5S. The second-order valence-corrected chi connectivity index (χ2v) is 12.8. The number of aromatic nitrogens is 2. The predicted octanol–water partition coefficient (Wildman–Crippen LogP) is 4.20. The Hall–Kier alpha value is -3.44. The number of methoxy groups -OCH3 is 1. The number of piperidine rings is 2. The van der Waals surface area contributed by atoms with Crippen LogP contribution in [-0.4, -0.2) is 72.5 Å². The van der Waals surface area contributed by atoms with Crippen molar-refractivity contribution >= 4 is 33.2 Å². The van der Waals surface area contributed by atoms with Gasteiger partial charge in [0.05, 0.1) is 29.3 Å².